The Labute approximate surface area is 136 Å². The maximum absolute atomic E-state index is 11.6. The van der Waals surface area contributed by atoms with Crippen LogP contribution in [0.5, 0.6) is 0 Å². The lowest BCUT2D eigenvalue weighted by molar-refractivity contribution is -0.142. The molecule has 1 aromatic rings. The number of nitrogens with one attached hydrogen (secondary N) is 3. The molecule has 4 N–H and O–H groups in total. The topological polar surface area (TPSA) is 108 Å². The molecule has 0 aliphatic carbocycles. The van der Waals surface area contributed by atoms with Crippen LogP contribution in [-0.2, 0) is 9.59 Å². The molecule has 0 aliphatic rings. The number of anilines is 1. The number of hydrogen-bond donors (Lipinski definition) is 4. The summed E-state index contributed by atoms with van der Waals surface area (Å²) in [7, 11) is 0. The molecule has 0 heterocycles. The Morgan fingerprint density at radius 2 is 1.77 bits per heavy atom. The summed E-state index contributed by atoms with van der Waals surface area (Å²) in [5.41, 5.74) is 0.576. The van der Waals surface area contributed by atoms with Crippen molar-refractivity contribution in [2.45, 2.75) is 19.9 Å². The van der Waals surface area contributed by atoms with Crippen LogP contribution in [0.1, 0.15) is 13.8 Å². The third kappa shape index (κ3) is 6.13. The first-order valence-electron chi connectivity index (χ1n) is 6.62. The van der Waals surface area contributed by atoms with E-state index in [1.54, 1.807) is 38.1 Å². The van der Waals surface area contributed by atoms with Crippen molar-refractivity contribution in [2.24, 2.45) is 5.92 Å². The van der Waals surface area contributed by atoms with Crippen LogP contribution in [0.25, 0.3) is 0 Å². The summed E-state index contributed by atoms with van der Waals surface area (Å²) in [5.74, 6) is -1.92. The van der Waals surface area contributed by atoms with Gasteiger partial charge in [-0.3, -0.25) is 4.79 Å². The molecule has 1 rings (SSSR count). The highest BCUT2D eigenvalue weighted by Crippen LogP contribution is 2.13. The molecule has 120 valence electrons. The van der Waals surface area contributed by atoms with Gasteiger partial charge in [0.25, 0.3) is 0 Å². The van der Waals surface area contributed by atoms with Gasteiger partial charge in [0.1, 0.15) is 6.04 Å². The molecule has 0 unspecified atom stereocenters. The third-order valence-corrected chi connectivity index (χ3v) is 3.29. The van der Waals surface area contributed by atoms with Crippen LogP contribution in [0, 0.1) is 5.92 Å². The smallest absolute Gasteiger partial charge is 0.326 e. The molecule has 0 aromatic heterocycles. The van der Waals surface area contributed by atoms with Crippen LogP contribution in [0.3, 0.4) is 0 Å². The van der Waals surface area contributed by atoms with Gasteiger partial charge >= 0.3 is 12.0 Å². The van der Waals surface area contributed by atoms with Crippen LogP contribution >= 0.6 is 15.9 Å². The molecule has 3 amide bonds. The molecule has 0 bridgehead atoms. The van der Waals surface area contributed by atoms with Crippen LogP contribution in [0.2, 0.25) is 0 Å². The minimum atomic E-state index is -1.11. The molecule has 0 spiro atoms. The lowest BCUT2D eigenvalue weighted by Gasteiger charge is -2.18. The van der Waals surface area contributed by atoms with Gasteiger partial charge in [0.2, 0.25) is 5.91 Å². The van der Waals surface area contributed by atoms with E-state index in [2.05, 4.69) is 31.9 Å². The van der Waals surface area contributed by atoms with E-state index in [4.69, 9.17) is 5.11 Å². The molecular formula is C14H18BrN3O4. The highest BCUT2D eigenvalue weighted by molar-refractivity contribution is 9.10. The summed E-state index contributed by atoms with van der Waals surface area (Å²) in [6.45, 7) is 3.07. The molecule has 22 heavy (non-hydrogen) atoms. The zero-order valence-electron chi connectivity index (χ0n) is 12.2. The molecule has 1 atom stereocenters. The van der Waals surface area contributed by atoms with E-state index in [0.717, 1.165) is 4.47 Å². The van der Waals surface area contributed by atoms with Crippen molar-refractivity contribution in [3.63, 3.8) is 0 Å². The van der Waals surface area contributed by atoms with Crippen LogP contribution < -0.4 is 16.0 Å². The second-order valence-electron chi connectivity index (χ2n) is 4.94. The molecule has 0 saturated heterocycles. The zero-order chi connectivity index (χ0) is 16.7. The van der Waals surface area contributed by atoms with E-state index in [9.17, 15) is 14.4 Å². The maximum Gasteiger partial charge on any atom is 0.326 e. The number of carbonyl (C=O) groups is 3. The first-order valence-corrected chi connectivity index (χ1v) is 7.41. The summed E-state index contributed by atoms with van der Waals surface area (Å²) in [5, 5.41) is 16.2. The summed E-state index contributed by atoms with van der Waals surface area (Å²) in [6, 6.07) is 5.40. The Morgan fingerprint density at radius 3 is 2.27 bits per heavy atom. The lowest BCUT2D eigenvalue weighted by atomic mass is 10.1. The summed E-state index contributed by atoms with van der Waals surface area (Å²) >= 11 is 3.28. The van der Waals surface area contributed by atoms with Gasteiger partial charge in [0.05, 0.1) is 6.54 Å². The second kappa shape index (κ2) is 8.38. The number of halogens is 1. The minimum Gasteiger partial charge on any atom is -0.480 e. The van der Waals surface area contributed by atoms with E-state index in [1.807, 2.05) is 0 Å². The molecular weight excluding hydrogens is 354 g/mol. The molecule has 0 fully saturated rings. The molecule has 1 aromatic carbocycles. The number of carboxylic acids is 1. The van der Waals surface area contributed by atoms with Crippen LogP contribution in [-0.4, -0.2) is 35.6 Å². The quantitative estimate of drug-likeness (QED) is 0.611. The Hall–Kier alpha value is -2.09. The summed E-state index contributed by atoms with van der Waals surface area (Å²) in [6.07, 6.45) is 0. The highest BCUT2D eigenvalue weighted by atomic mass is 79.9. The van der Waals surface area contributed by atoms with Crippen LogP contribution in [0.4, 0.5) is 10.5 Å². The van der Waals surface area contributed by atoms with Crippen molar-refractivity contribution in [1.82, 2.24) is 10.6 Å². The fourth-order valence-corrected chi connectivity index (χ4v) is 1.87. The summed E-state index contributed by atoms with van der Waals surface area (Å²) < 4.78 is 0.881. The third-order valence-electron chi connectivity index (χ3n) is 2.76. The van der Waals surface area contributed by atoms with Gasteiger partial charge in [-0.2, -0.15) is 0 Å². The normalized spacial score (nSPS) is 11.6. The SMILES string of the molecule is CC(C)[C@H](NC(=O)CNC(=O)Nc1ccc(Br)cc1)C(=O)O. The lowest BCUT2D eigenvalue weighted by Crippen LogP contribution is -2.48. The first-order chi connectivity index (χ1) is 10.3. The Kier molecular flexibility index (Phi) is 6.84. The Balaban J connectivity index is 2.41. The average molecular weight is 372 g/mol. The maximum atomic E-state index is 11.6. The Bertz CT molecular complexity index is 546. The van der Waals surface area contributed by atoms with Crippen LogP contribution in [0.15, 0.2) is 28.7 Å². The predicted molar refractivity (Wildman–Crippen MR) is 85.6 cm³/mol. The summed E-state index contributed by atoms with van der Waals surface area (Å²) in [4.78, 5) is 34.2. The zero-order valence-corrected chi connectivity index (χ0v) is 13.8. The van der Waals surface area contributed by atoms with Crippen molar-refractivity contribution < 1.29 is 19.5 Å². The second-order valence-corrected chi connectivity index (χ2v) is 5.86. The first kappa shape index (κ1) is 18.0. The fourth-order valence-electron chi connectivity index (χ4n) is 1.61. The van der Waals surface area contributed by atoms with Crippen molar-refractivity contribution in [3.8, 4) is 0 Å². The van der Waals surface area contributed by atoms with E-state index >= 15 is 0 Å². The van der Waals surface area contributed by atoms with E-state index in [-0.39, 0.29) is 12.5 Å². The fraction of sp³-hybridized carbons (Fsp3) is 0.357. The molecule has 0 saturated carbocycles. The largest absolute Gasteiger partial charge is 0.480 e. The van der Waals surface area contributed by atoms with Crippen molar-refractivity contribution in [3.05, 3.63) is 28.7 Å². The standard InChI is InChI=1S/C14H18BrN3O4/c1-8(2)12(13(20)21)18-11(19)7-16-14(22)17-10-5-3-9(15)4-6-10/h3-6,8,12H,7H2,1-2H3,(H,18,19)(H,20,21)(H2,16,17,22)/t12-/m0/s1. The number of carbonyl (C=O) groups excluding carboxylic acids is 2. The molecule has 7 nitrogen and oxygen atoms in total. The number of carboxylic acid groups (broad SMARTS) is 1. The number of amides is 3. The van der Waals surface area contributed by atoms with Crippen molar-refractivity contribution in [1.29, 1.82) is 0 Å². The van der Waals surface area contributed by atoms with Gasteiger partial charge in [0, 0.05) is 10.2 Å². The Morgan fingerprint density at radius 1 is 1.18 bits per heavy atom. The van der Waals surface area contributed by atoms with Gasteiger partial charge in [-0.15, -0.1) is 0 Å². The molecule has 0 radical (unpaired) electrons. The van der Waals surface area contributed by atoms with Gasteiger partial charge in [-0.05, 0) is 30.2 Å². The molecule has 8 heteroatoms. The number of urea groups is 1. The van der Waals surface area contributed by atoms with Gasteiger partial charge in [0.15, 0.2) is 0 Å². The monoisotopic (exact) mass is 371 g/mol. The predicted octanol–water partition coefficient (Wildman–Crippen LogP) is 1.80. The van der Waals surface area contributed by atoms with Gasteiger partial charge in [-0.1, -0.05) is 29.8 Å². The number of aliphatic carboxylic acids is 1. The van der Waals surface area contributed by atoms with Crippen molar-refractivity contribution >= 4 is 39.5 Å². The number of hydrogen-bond acceptors (Lipinski definition) is 3. The molecule has 0 aliphatic heterocycles. The minimum absolute atomic E-state index is 0.252. The average Bonchev–Trinajstić information content (AvgIpc) is 2.44. The van der Waals surface area contributed by atoms with Gasteiger partial charge in [-0.25, -0.2) is 9.59 Å². The van der Waals surface area contributed by atoms with Gasteiger partial charge < -0.3 is 21.1 Å². The highest BCUT2D eigenvalue weighted by Gasteiger charge is 2.23. The van der Waals surface area contributed by atoms with E-state index in [1.165, 1.54) is 0 Å². The van der Waals surface area contributed by atoms with E-state index in [0.29, 0.717) is 5.69 Å². The number of rotatable bonds is 6. The van der Waals surface area contributed by atoms with E-state index < -0.39 is 23.9 Å². The number of benzene rings is 1. The van der Waals surface area contributed by atoms with Crippen molar-refractivity contribution in [2.75, 3.05) is 11.9 Å².